The number of hydrogen-bond donors (Lipinski definition) is 4. The summed E-state index contributed by atoms with van der Waals surface area (Å²) in [5, 5.41) is 48.0. The first-order valence-electron chi connectivity index (χ1n) is 45.5. The van der Waals surface area contributed by atoms with E-state index in [-0.39, 0.29) is 71.0 Å². The molecule has 0 bridgehead atoms. The molecule has 2 heterocycles. The van der Waals surface area contributed by atoms with Crippen LogP contribution in [0.15, 0.2) is 201 Å². The molecule has 0 unspecified atom stereocenters. The Morgan fingerprint density at radius 1 is 0.275 bits per heavy atom. The number of benzene rings is 11. The van der Waals surface area contributed by atoms with E-state index in [0.717, 1.165) is 160 Å². The predicted octanol–water partition coefficient (Wildman–Crippen LogP) is 34.6. The Balaban J connectivity index is 0.000000160. The average Bonchev–Trinajstić information content (AvgIpc) is 1.45. The Bertz CT molecular complexity index is 5800. The Kier molecular flexibility index (Phi) is 40.0. The van der Waals surface area contributed by atoms with Gasteiger partial charge in [0.25, 0.3) is 0 Å². The number of nitrogens with zero attached hydrogens (tertiary/aromatic N) is 5. The van der Waals surface area contributed by atoms with Crippen molar-refractivity contribution >= 4 is 147 Å². The van der Waals surface area contributed by atoms with E-state index in [1.807, 2.05) is 82.3 Å². The second-order valence-electron chi connectivity index (χ2n) is 38.1. The molecule has 9 nitrogen and oxygen atoms in total. The van der Waals surface area contributed by atoms with Gasteiger partial charge in [0.05, 0.1) is 17.9 Å². The van der Waals surface area contributed by atoms with Crippen molar-refractivity contribution in [3.8, 4) is 56.4 Å². The molecule has 18 heteroatoms. The van der Waals surface area contributed by atoms with Crippen molar-refractivity contribution in [2.45, 2.75) is 248 Å². The quantitative estimate of drug-likeness (QED) is 0.122. The van der Waals surface area contributed by atoms with E-state index in [4.69, 9.17) is 10.5 Å². The third-order valence-corrected chi connectivity index (χ3v) is 35.5. The number of halogens is 6. The van der Waals surface area contributed by atoms with E-state index in [1.54, 1.807) is 0 Å². The fourth-order valence-electron chi connectivity index (χ4n) is 16.7. The summed E-state index contributed by atoms with van der Waals surface area (Å²) < 4.78 is 26.6. The first kappa shape index (κ1) is 107. The second kappa shape index (κ2) is 49.1. The van der Waals surface area contributed by atoms with Gasteiger partial charge in [-0.15, -0.1) is 0 Å². The van der Waals surface area contributed by atoms with Crippen molar-refractivity contribution in [1.29, 1.82) is 0 Å². The summed E-state index contributed by atoms with van der Waals surface area (Å²) in [5.74, 6) is 1.22. The second-order valence-corrected chi connectivity index (χ2v) is 47.8. The molecule has 0 aliphatic heterocycles. The number of rotatable bonds is 6. The van der Waals surface area contributed by atoms with Gasteiger partial charge in [0, 0.05) is 31.2 Å². The van der Waals surface area contributed by atoms with Gasteiger partial charge in [-0.05, 0) is 305 Å². The van der Waals surface area contributed by atoms with Crippen molar-refractivity contribution < 1.29 is 74.2 Å². The SMILES string of the molecule is Cc1c(Br)cc2c(c1-c1c(O)c(Br)cc3c1CCCC3)CCCC2.Cc1c(Br)cc2ccccc2c1-c1c(O)c(Br)cc2ccccc12.Cc1ccc(C)[n-]1.Cc1ccc(C)[n-]1.Cc1cccc(C)c1[N]=[Mo]=[CH]C(C)(C)C.Cc1cccc(C)c1[N]=[Mo]=[CH]C(C)(C)C.Cc1cccc(C)c1[N]=[Mo]=[CH]C(C)(C)C.Oc1c(Br)cc2c(c1-c1c(O)c(Br)cc3c1CCCC3)CCCC2. The summed E-state index contributed by atoms with van der Waals surface area (Å²) in [7, 11) is 0. The molecule has 17 rings (SSSR count). The number of phenolic OH excluding ortho intramolecular Hbond substituents is 4. The van der Waals surface area contributed by atoms with Crippen LogP contribution in [0, 0.1) is 99.3 Å². The van der Waals surface area contributed by atoms with Crippen molar-refractivity contribution in [3.05, 3.63) is 302 Å². The van der Waals surface area contributed by atoms with Crippen LogP contribution in [0.2, 0.25) is 0 Å². The van der Waals surface area contributed by atoms with E-state index in [1.165, 1.54) is 149 Å². The minimum Gasteiger partial charge on any atom is -0.506 e. The van der Waals surface area contributed by atoms with E-state index < -0.39 is 0 Å². The van der Waals surface area contributed by atoms with E-state index >= 15 is 0 Å². The molecule has 2 aromatic heterocycles. The third kappa shape index (κ3) is 29.6. The summed E-state index contributed by atoms with van der Waals surface area (Å²) in [5.41, 5.74) is 35.8. The van der Waals surface area contributed by atoms with Gasteiger partial charge in [-0.1, -0.05) is 132 Å². The van der Waals surface area contributed by atoms with Gasteiger partial charge in [0.15, 0.2) is 0 Å². The zero-order valence-corrected chi connectivity index (χ0v) is 95.7. The summed E-state index contributed by atoms with van der Waals surface area (Å²) in [4.78, 5) is 8.22. The van der Waals surface area contributed by atoms with Gasteiger partial charge >= 0.3 is 303 Å². The molecule has 131 heavy (non-hydrogen) atoms. The van der Waals surface area contributed by atoms with Gasteiger partial charge in [0.2, 0.25) is 0 Å². The Morgan fingerprint density at radius 3 is 0.809 bits per heavy atom. The van der Waals surface area contributed by atoms with Gasteiger partial charge in [-0.2, -0.15) is 22.8 Å². The molecule has 692 valence electrons. The molecule has 0 spiro atoms. The maximum Gasteiger partial charge on any atom is 0.138 e. The van der Waals surface area contributed by atoms with Crippen LogP contribution in [0.1, 0.15) is 225 Å². The largest absolute Gasteiger partial charge is 0.506 e. The molecule has 13 aromatic rings. The molecule has 4 aliphatic carbocycles. The van der Waals surface area contributed by atoms with Crippen LogP contribution in [0.5, 0.6) is 23.0 Å². The third-order valence-electron chi connectivity index (χ3n) is 23.4. The Morgan fingerprint density at radius 2 is 0.511 bits per heavy atom. The molecule has 0 atom stereocenters. The molecule has 0 fully saturated rings. The zero-order valence-electron chi connectivity index (χ0n) is 80.2. The maximum atomic E-state index is 11.0. The standard InChI is InChI=1S/C21H22Br2O.C21H14Br2O.C20H20Br2O2.3C8H9N.2C6H8N.3C5H10.3Mo/c2*1-12-17(22)10-13-6-2-4-8-15(13)19(12)20-16-9-5-3-7-14(16)11-18(23)21(20)24;21-15-9-11-5-1-3-7-13(11)17(19(15)23)18-14-8-4-2-6-12(14)10-16(22)20(18)24;3*1-6-4-3-5-7(2)8(6)9;2*1-5-3-4-6(2)7-5;3*1-5(2,3)4;;;/h10-11,24H,2-9H2,1H3;2-11,24H,1H3;9-10,23-24H,1-8H2;3*3-5H,1-2H3;2*3-4H,1-2H3;3*1H,2-4H3;;;/q;;;;;;2*-1;;;;;;. The van der Waals surface area contributed by atoms with Crippen LogP contribution in [0.4, 0.5) is 17.1 Å². The monoisotopic (exact) mass is 2390 g/mol. The van der Waals surface area contributed by atoms with Crippen LogP contribution < -0.4 is 9.97 Å². The van der Waals surface area contributed by atoms with E-state index in [9.17, 15) is 20.4 Å². The number of aryl methyl sites for hydroxylation is 14. The van der Waals surface area contributed by atoms with E-state index in [2.05, 4.69) is 346 Å². The molecule has 4 N–H and O–H groups in total. The maximum absolute atomic E-state index is 11.0. The predicted molar refractivity (Wildman–Crippen MR) is 569 cm³/mol. The fourth-order valence-corrected chi connectivity index (χ4v) is 25.2. The van der Waals surface area contributed by atoms with Gasteiger partial charge < -0.3 is 30.4 Å². The number of phenols is 4. The van der Waals surface area contributed by atoms with Crippen molar-refractivity contribution in [3.63, 3.8) is 0 Å². The summed E-state index contributed by atoms with van der Waals surface area (Å²) in [6, 6.07) is 56.2. The molecule has 0 radical (unpaired) electrons. The number of aromatic nitrogens is 2. The minimum absolute atomic E-state index is 0.261. The van der Waals surface area contributed by atoms with Crippen LogP contribution in [-0.2, 0) is 105 Å². The Hall–Kier alpha value is -6.35. The van der Waals surface area contributed by atoms with Crippen LogP contribution >= 0.6 is 95.6 Å². The molecule has 0 amide bonds. The molecular weight excluding hydrogens is 2260 g/mol. The number of fused-ring (bicyclic) bond motifs is 6. The summed E-state index contributed by atoms with van der Waals surface area (Å²) in [6.45, 7) is 45.2. The molecule has 11 aromatic carbocycles. The summed E-state index contributed by atoms with van der Waals surface area (Å²) in [6.07, 6.45) is 18.1. The molecule has 4 aliphatic rings. The zero-order chi connectivity index (χ0) is 95.5. The fraction of sp³-hybridized carbons (Fsp3) is 0.354. The number of hydrogen-bond acceptors (Lipinski definition) is 7. The van der Waals surface area contributed by atoms with Gasteiger partial charge in [0.1, 0.15) is 23.0 Å². The van der Waals surface area contributed by atoms with Crippen LogP contribution in [0.3, 0.4) is 0 Å². The van der Waals surface area contributed by atoms with Crippen molar-refractivity contribution in [2.24, 2.45) is 26.7 Å². The molecule has 0 saturated heterocycles. The minimum atomic E-state index is -0.355. The number of aromatic hydroxyl groups is 4. The summed E-state index contributed by atoms with van der Waals surface area (Å²) >= 11 is 20.5. The normalized spacial score (nSPS) is 12.9. The van der Waals surface area contributed by atoms with Crippen molar-refractivity contribution in [2.75, 3.05) is 0 Å². The molecular formula is C113H129Br6Mo3N5O4-2. The topological polar surface area (TPSA) is 146 Å². The van der Waals surface area contributed by atoms with Gasteiger partial charge in [-0.3, -0.25) is 0 Å². The van der Waals surface area contributed by atoms with Crippen molar-refractivity contribution in [1.82, 2.24) is 9.97 Å². The van der Waals surface area contributed by atoms with E-state index in [0.29, 0.717) is 26.5 Å². The Labute approximate surface area is 855 Å². The smallest absolute Gasteiger partial charge is 0.138 e. The average molecular weight is 2390 g/mol. The van der Waals surface area contributed by atoms with Crippen LogP contribution in [-0.4, -0.2) is 33.6 Å². The van der Waals surface area contributed by atoms with Crippen LogP contribution in [0.25, 0.3) is 54.9 Å². The molecule has 0 saturated carbocycles. The van der Waals surface area contributed by atoms with Gasteiger partial charge in [-0.25, -0.2) is 0 Å². The first-order valence-corrected chi connectivity index (χ1v) is 56.4. The first-order chi connectivity index (χ1) is 62.0.